The van der Waals surface area contributed by atoms with Crippen LogP contribution in [0.4, 0.5) is 4.39 Å². The van der Waals surface area contributed by atoms with E-state index in [9.17, 15) is 0 Å². The van der Waals surface area contributed by atoms with Crippen molar-refractivity contribution in [1.29, 1.82) is 0 Å². The smallest absolute Gasteiger partial charge is 0.146 e. The molecule has 0 unspecified atom stereocenters. The lowest BCUT2D eigenvalue weighted by Gasteiger charge is -2.27. The van der Waals surface area contributed by atoms with Crippen LogP contribution in [0.5, 0.6) is 0 Å². The molecule has 0 atom stereocenters. The fourth-order valence-corrected chi connectivity index (χ4v) is 5.08. The molecule has 0 aliphatic heterocycles. The van der Waals surface area contributed by atoms with Crippen LogP contribution in [0.15, 0.2) is 54.6 Å². The molecule has 1 aliphatic carbocycles. The molecule has 3 aromatic carbocycles. The lowest BCUT2D eigenvalue weighted by atomic mass is 9.78. The molecule has 0 aromatic heterocycles. The highest BCUT2D eigenvalue weighted by Gasteiger charge is 2.19. The van der Waals surface area contributed by atoms with E-state index in [4.69, 9.17) is 0 Å². The molecule has 1 saturated carbocycles. The van der Waals surface area contributed by atoms with Crippen molar-refractivity contribution >= 4 is 10.8 Å². The topological polar surface area (TPSA) is 0 Å². The van der Waals surface area contributed by atoms with Crippen molar-refractivity contribution in [1.82, 2.24) is 0 Å². The first-order valence-corrected chi connectivity index (χ1v) is 12.5. The first-order chi connectivity index (χ1) is 15.7. The monoisotopic (exact) mass is 426 g/mol. The maximum absolute atomic E-state index is 15.1. The van der Waals surface area contributed by atoms with Gasteiger partial charge in [-0.15, -0.1) is 0 Å². The summed E-state index contributed by atoms with van der Waals surface area (Å²) in [5, 5.41) is 1.64. The third kappa shape index (κ3) is 5.60. The van der Waals surface area contributed by atoms with Crippen LogP contribution >= 0.6 is 0 Å². The molecule has 4 rings (SSSR count). The summed E-state index contributed by atoms with van der Waals surface area (Å²) in [6.07, 6.45) is 11.5. The molecule has 32 heavy (non-hydrogen) atoms. The summed E-state index contributed by atoms with van der Waals surface area (Å²) < 4.78 is 15.1. The Morgan fingerprint density at radius 3 is 2.22 bits per heavy atom. The van der Waals surface area contributed by atoms with Gasteiger partial charge in [0.15, 0.2) is 0 Å². The molecular formula is C31H35F. The number of rotatable bonds is 6. The van der Waals surface area contributed by atoms with E-state index in [1.165, 1.54) is 49.7 Å². The SMILES string of the molecule is CCCc1ccc(C#Cc2ccc3cc(CCC4CCC(CC)CC4)ccc3c2F)cc1. The van der Waals surface area contributed by atoms with Crippen LogP contribution in [0.2, 0.25) is 0 Å². The predicted molar refractivity (Wildman–Crippen MR) is 134 cm³/mol. The number of hydrogen-bond donors (Lipinski definition) is 0. The Balaban J connectivity index is 1.43. The van der Waals surface area contributed by atoms with E-state index in [-0.39, 0.29) is 5.82 Å². The fourth-order valence-electron chi connectivity index (χ4n) is 5.08. The number of benzene rings is 3. The predicted octanol–water partition coefficient (Wildman–Crippen LogP) is 8.48. The normalized spacial score (nSPS) is 18.3. The van der Waals surface area contributed by atoms with Gasteiger partial charge in [-0.05, 0) is 65.8 Å². The summed E-state index contributed by atoms with van der Waals surface area (Å²) in [6, 6.07) is 18.3. The van der Waals surface area contributed by atoms with Gasteiger partial charge in [-0.2, -0.15) is 0 Å². The van der Waals surface area contributed by atoms with Crippen LogP contribution in [0.3, 0.4) is 0 Å². The number of fused-ring (bicyclic) bond motifs is 1. The lowest BCUT2D eigenvalue weighted by molar-refractivity contribution is 0.259. The van der Waals surface area contributed by atoms with Gasteiger partial charge in [0, 0.05) is 10.9 Å². The summed E-state index contributed by atoms with van der Waals surface area (Å²) in [5.74, 6) is 7.77. The van der Waals surface area contributed by atoms with Crippen molar-refractivity contribution in [3.05, 3.63) is 82.7 Å². The summed E-state index contributed by atoms with van der Waals surface area (Å²) in [7, 11) is 0. The molecule has 166 valence electrons. The zero-order valence-electron chi connectivity index (χ0n) is 19.6. The molecule has 0 amide bonds. The molecule has 0 nitrogen and oxygen atoms in total. The fraction of sp³-hybridized carbons (Fsp3) is 0.419. The molecule has 1 heteroatoms. The van der Waals surface area contributed by atoms with Crippen LogP contribution in [-0.2, 0) is 12.8 Å². The summed E-state index contributed by atoms with van der Waals surface area (Å²) in [4.78, 5) is 0. The average molecular weight is 427 g/mol. The third-order valence-corrected chi connectivity index (χ3v) is 7.24. The van der Waals surface area contributed by atoms with E-state index in [1.54, 1.807) is 0 Å². The largest absolute Gasteiger partial charge is 0.205 e. The highest BCUT2D eigenvalue weighted by atomic mass is 19.1. The van der Waals surface area contributed by atoms with Gasteiger partial charge in [0.1, 0.15) is 5.82 Å². The highest BCUT2D eigenvalue weighted by Crippen LogP contribution is 2.33. The summed E-state index contributed by atoms with van der Waals surface area (Å²) in [5.41, 5.74) is 4.03. The van der Waals surface area contributed by atoms with Gasteiger partial charge in [-0.25, -0.2) is 4.39 Å². The van der Waals surface area contributed by atoms with E-state index in [0.29, 0.717) is 10.9 Å². The van der Waals surface area contributed by atoms with Gasteiger partial charge in [0.2, 0.25) is 0 Å². The Morgan fingerprint density at radius 2 is 1.50 bits per heavy atom. The zero-order valence-corrected chi connectivity index (χ0v) is 19.6. The molecule has 0 spiro atoms. The minimum atomic E-state index is -0.206. The van der Waals surface area contributed by atoms with E-state index < -0.39 is 0 Å². The number of aryl methyl sites for hydroxylation is 2. The second kappa shape index (κ2) is 10.8. The Bertz CT molecular complexity index is 1090. The van der Waals surface area contributed by atoms with Crippen LogP contribution in [0.1, 0.15) is 81.0 Å². The minimum absolute atomic E-state index is 0.206. The average Bonchev–Trinajstić information content (AvgIpc) is 2.84. The molecule has 0 heterocycles. The van der Waals surface area contributed by atoms with Gasteiger partial charge in [-0.1, -0.05) is 101 Å². The van der Waals surface area contributed by atoms with Crippen molar-refractivity contribution < 1.29 is 4.39 Å². The molecule has 0 saturated heterocycles. The van der Waals surface area contributed by atoms with E-state index in [1.807, 2.05) is 30.3 Å². The quantitative estimate of drug-likeness (QED) is 0.347. The maximum atomic E-state index is 15.1. The Hall–Kier alpha value is -2.59. The zero-order chi connectivity index (χ0) is 22.3. The summed E-state index contributed by atoms with van der Waals surface area (Å²) in [6.45, 7) is 4.50. The van der Waals surface area contributed by atoms with Gasteiger partial charge in [0.25, 0.3) is 0 Å². The van der Waals surface area contributed by atoms with Crippen LogP contribution in [0.25, 0.3) is 10.8 Å². The molecular weight excluding hydrogens is 391 g/mol. The number of halogens is 1. The number of hydrogen-bond acceptors (Lipinski definition) is 0. The van der Waals surface area contributed by atoms with Crippen molar-refractivity contribution in [3.63, 3.8) is 0 Å². The van der Waals surface area contributed by atoms with Crippen LogP contribution in [0, 0.1) is 29.5 Å². The Morgan fingerprint density at radius 1 is 0.781 bits per heavy atom. The van der Waals surface area contributed by atoms with Gasteiger partial charge in [0.05, 0.1) is 5.56 Å². The maximum Gasteiger partial charge on any atom is 0.146 e. The van der Waals surface area contributed by atoms with Crippen LogP contribution in [-0.4, -0.2) is 0 Å². The molecule has 1 aliphatic rings. The lowest BCUT2D eigenvalue weighted by Crippen LogP contribution is -2.14. The molecule has 3 aromatic rings. The van der Waals surface area contributed by atoms with Crippen molar-refractivity contribution in [2.24, 2.45) is 11.8 Å². The third-order valence-electron chi connectivity index (χ3n) is 7.24. The Kier molecular flexibility index (Phi) is 7.64. The second-order valence-corrected chi connectivity index (χ2v) is 9.51. The summed E-state index contributed by atoms with van der Waals surface area (Å²) >= 11 is 0. The highest BCUT2D eigenvalue weighted by molar-refractivity contribution is 5.85. The van der Waals surface area contributed by atoms with Gasteiger partial charge in [-0.3, -0.25) is 0 Å². The molecule has 1 fully saturated rings. The minimum Gasteiger partial charge on any atom is -0.205 e. The van der Waals surface area contributed by atoms with Crippen LogP contribution < -0.4 is 0 Å². The molecule has 0 N–H and O–H groups in total. The van der Waals surface area contributed by atoms with E-state index in [2.05, 4.69) is 50.0 Å². The standard InChI is InChI=1S/C31H35F/c1-3-5-24-10-12-26(13-11-24)16-18-28-19-20-29-22-27(17-21-30(29)31(28)32)15-14-25-8-6-23(4-2)7-9-25/h10-13,17,19-23,25H,3-9,14-15H2,1-2H3. The first kappa shape index (κ1) is 22.6. The van der Waals surface area contributed by atoms with E-state index >= 15 is 4.39 Å². The first-order valence-electron chi connectivity index (χ1n) is 12.5. The van der Waals surface area contributed by atoms with E-state index in [0.717, 1.165) is 42.0 Å². The Labute approximate surface area is 193 Å². The van der Waals surface area contributed by atoms with Gasteiger partial charge >= 0.3 is 0 Å². The second-order valence-electron chi connectivity index (χ2n) is 9.51. The van der Waals surface area contributed by atoms with Crippen molar-refractivity contribution in [2.45, 2.75) is 71.6 Å². The van der Waals surface area contributed by atoms with Crippen molar-refractivity contribution in [2.75, 3.05) is 0 Å². The molecule has 0 bridgehead atoms. The molecule has 0 radical (unpaired) electrons. The van der Waals surface area contributed by atoms with Gasteiger partial charge < -0.3 is 0 Å². The van der Waals surface area contributed by atoms with Crippen molar-refractivity contribution in [3.8, 4) is 11.8 Å².